The second kappa shape index (κ2) is 11.3. The summed E-state index contributed by atoms with van der Waals surface area (Å²) < 4.78 is 0. The molecule has 0 aliphatic rings. The van der Waals surface area contributed by atoms with Gasteiger partial charge in [-0.15, -0.1) is 47.3 Å². The van der Waals surface area contributed by atoms with Gasteiger partial charge in [-0.3, -0.25) is 4.98 Å². The quantitative estimate of drug-likeness (QED) is 0.158. The zero-order valence-electron chi connectivity index (χ0n) is 23.4. The van der Waals surface area contributed by atoms with Crippen molar-refractivity contribution in [3.8, 4) is 11.3 Å². The van der Waals surface area contributed by atoms with Gasteiger partial charge in [-0.2, -0.15) is 0 Å². The van der Waals surface area contributed by atoms with Gasteiger partial charge in [0, 0.05) is 27.8 Å². The number of anilines is 1. The molecule has 0 spiro atoms. The molecule has 0 aliphatic heterocycles. The minimum atomic E-state index is -0.432. The van der Waals surface area contributed by atoms with E-state index in [2.05, 4.69) is 63.6 Å². The van der Waals surface area contributed by atoms with Crippen LogP contribution in [-0.2, 0) is 26.5 Å². The van der Waals surface area contributed by atoms with Gasteiger partial charge < -0.3 is 15.7 Å². The summed E-state index contributed by atoms with van der Waals surface area (Å²) in [7, 11) is 0. The third-order valence-electron chi connectivity index (χ3n) is 5.90. The standard InChI is InChI=1S/C27H23N5.C5H12.Pt/c1-16-12-13-18(17(2)29-16)21-10-7-11-23(30-21)27(3,4)24-15-14-22-25(32-24)19-8-5-6-9-20(19)26(28)31-22;1-5(2,3)4;/h5-7,9-12,14-15H,1-4H3,(H2,28,31);1-4H3;/q-2;;+2. The number of rotatable bonds is 3. The van der Waals surface area contributed by atoms with Crippen molar-refractivity contribution in [3.63, 3.8) is 0 Å². The fourth-order valence-electron chi connectivity index (χ4n) is 4.06. The largest absolute Gasteiger partial charge is 2.00 e. The predicted octanol–water partition coefficient (Wildman–Crippen LogP) is 7.42. The van der Waals surface area contributed by atoms with Crippen molar-refractivity contribution in [2.24, 2.45) is 5.41 Å². The SMILES string of the molecule is CC(C)(C)C.Cc1c[c-]c(-c2cccc(C(C)(C)c3ccc4nc(N)c5ccc[c-]c5c4n3)n2)c(C)n1.[Pt+2]. The second-order valence-electron chi connectivity index (χ2n) is 11.6. The van der Waals surface area contributed by atoms with Crippen LogP contribution in [0.25, 0.3) is 33.1 Å². The Labute approximate surface area is 240 Å². The van der Waals surface area contributed by atoms with Crippen LogP contribution in [0, 0.1) is 31.4 Å². The van der Waals surface area contributed by atoms with E-state index in [1.807, 2.05) is 68.4 Å². The molecule has 0 radical (unpaired) electrons. The molecule has 1 aromatic carbocycles. The first-order chi connectivity index (χ1) is 17.3. The van der Waals surface area contributed by atoms with Crippen LogP contribution in [0.2, 0.25) is 0 Å². The second-order valence-corrected chi connectivity index (χ2v) is 11.6. The summed E-state index contributed by atoms with van der Waals surface area (Å²) in [4.78, 5) is 19.1. The van der Waals surface area contributed by atoms with Gasteiger partial charge in [0.25, 0.3) is 0 Å². The Balaban J connectivity index is 0.000000612. The summed E-state index contributed by atoms with van der Waals surface area (Å²) in [5, 5.41) is 1.74. The van der Waals surface area contributed by atoms with Crippen molar-refractivity contribution in [2.45, 2.75) is 60.8 Å². The molecule has 198 valence electrons. The first kappa shape index (κ1) is 29.4. The third kappa shape index (κ3) is 6.45. The van der Waals surface area contributed by atoms with Crippen LogP contribution in [0.1, 0.15) is 64.3 Å². The Hall–Kier alpha value is -3.17. The van der Waals surface area contributed by atoms with E-state index < -0.39 is 5.41 Å². The number of hydrogen-bond acceptors (Lipinski definition) is 5. The van der Waals surface area contributed by atoms with Gasteiger partial charge in [0.15, 0.2) is 0 Å². The van der Waals surface area contributed by atoms with E-state index in [9.17, 15) is 0 Å². The average molecular weight is 685 g/mol. The molecular formula is C32H35N5Pt. The number of nitrogen functional groups attached to an aromatic ring is 1. The van der Waals surface area contributed by atoms with Crippen LogP contribution in [0.4, 0.5) is 5.82 Å². The summed E-state index contributed by atoms with van der Waals surface area (Å²) in [5.74, 6) is 0.492. The molecule has 4 aromatic heterocycles. The van der Waals surface area contributed by atoms with Gasteiger partial charge in [0.05, 0.1) is 5.82 Å². The zero-order chi connectivity index (χ0) is 27.0. The van der Waals surface area contributed by atoms with E-state index in [1.54, 1.807) is 0 Å². The number of pyridine rings is 4. The van der Waals surface area contributed by atoms with Crippen molar-refractivity contribution in [1.29, 1.82) is 0 Å². The van der Waals surface area contributed by atoms with E-state index in [1.165, 1.54) is 0 Å². The summed E-state index contributed by atoms with van der Waals surface area (Å²) in [6.45, 7) is 17.0. The maximum absolute atomic E-state index is 6.15. The van der Waals surface area contributed by atoms with Gasteiger partial charge >= 0.3 is 21.1 Å². The van der Waals surface area contributed by atoms with Gasteiger partial charge in [0.1, 0.15) is 0 Å². The number of hydrogen-bond donors (Lipinski definition) is 1. The number of nitrogens with two attached hydrogens (primary N) is 1. The first-order valence-electron chi connectivity index (χ1n) is 12.6. The minimum absolute atomic E-state index is 0. The van der Waals surface area contributed by atoms with Gasteiger partial charge in [0.2, 0.25) is 0 Å². The maximum Gasteiger partial charge on any atom is 2.00 e. The third-order valence-corrected chi connectivity index (χ3v) is 5.90. The van der Waals surface area contributed by atoms with E-state index in [0.717, 1.165) is 55.8 Å². The van der Waals surface area contributed by atoms with Crippen molar-refractivity contribution >= 4 is 27.6 Å². The van der Waals surface area contributed by atoms with Gasteiger partial charge in [-0.1, -0.05) is 59.1 Å². The van der Waals surface area contributed by atoms with Crippen molar-refractivity contribution in [1.82, 2.24) is 19.9 Å². The number of nitrogens with zero attached hydrogens (tertiary/aromatic N) is 4. The molecule has 5 aromatic rings. The smallest absolute Gasteiger partial charge is 0.391 e. The Bertz CT molecular complexity index is 1580. The molecule has 0 atom stereocenters. The molecule has 6 heteroatoms. The molecule has 0 saturated heterocycles. The Kier molecular flexibility index (Phi) is 8.73. The van der Waals surface area contributed by atoms with Crippen LogP contribution in [-0.4, -0.2) is 19.9 Å². The fraction of sp³-hybridized carbons (Fsp3) is 0.312. The monoisotopic (exact) mass is 684 g/mol. The summed E-state index contributed by atoms with van der Waals surface area (Å²) in [6.07, 6.45) is 0. The molecule has 5 rings (SSSR count). The molecule has 0 amide bonds. The van der Waals surface area contributed by atoms with E-state index >= 15 is 0 Å². The Morgan fingerprint density at radius 2 is 1.45 bits per heavy atom. The Morgan fingerprint density at radius 3 is 2.13 bits per heavy atom. The van der Waals surface area contributed by atoms with Crippen LogP contribution in [0.3, 0.4) is 0 Å². The topological polar surface area (TPSA) is 77.6 Å². The van der Waals surface area contributed by atoms with Crippen LogP contribution in [0.5, 0.6) is 0 Å². The molecule has 5 nitrogen and oxygen atoms in total. The maximum atomic E-state index is 6.15. The van der Waals surface area contributed by atoms with Gasteiger partial charge in [-0.05, 0) is 54.5 Å². The molecule has 0 unspecified atom stereocenters. The Morgan fingerprint density at radius 1 is 0.763 bits per heavy atom. The normalized spacial score (nSPS) is 11.6. The van der Waals surface area contributed by atoms with Crippen molar-refractivity contribution in [2.75, 3.05) is 5.73 Å². The zero-order valence-corrected chi connectivity index (χ0v) is 25.7. The molecule has 0 aliphatic carbocycles. The number of fused-ring (bicyclic) bond motifs is 3. The van der Waals surface area contributed by atoms with Crippen molar-refractivity contribution < 1.29 is 21.1 Å². The first-order valence-corrected chi connectivity index (χ1v) is 12.6. The molecule has 0 fully saturated rings. The van der Waals surface area contributed by atoms with E-state index in [0.29, 0.717) is 11.2 Å². The van der Waals surface area contributed by atoms with E-state index in [-0.39, 0.29) is 21.1 Å². The fourth-order valence-corrected chi connectivity index (χ4v) is 4.06. The molecular weight excluding hydrogens is 649 g/mol. The molecule has 0 saturated carbocycles. The van der Waals surface area contributed by atoms with Crippen LogP contribution in [0.15, 0.2) is 54.6 Å². The van der Waals surface area contributed by atoms with Crippen LogP contribution >= 0.6 is 0 Å². The molecule has 4 heterocycles. The number of aromatic nitrogens is 4. The predicted molar refractivity (Wildman–Crippen MR) is 153 cm³/mol. The average Bonchev–Trinajstić information content (AvgIpc) is 2.83. The summed E-state index contributed by atoms with van der Waals surface area (Å²) >= 11 is 0. The number of aryl methyl sites for hydroxylation is 2. The molecule has 38 heavy (non-hydrogen) atoms. The molecule has 2 N–H and O–H groups in total. The molecule has 0 bridgehead atoms. The minimum Gasteiger partial charge on any atom is -0.391 e. The van der Waals surface area contributed by atoms with Crippen LogP contribution < -0.4 is 5.73 Å². The van der Waals surface area contributed by atoms with E-state index in [4.69, 9.17) is 15.7 Å². The van der Waals surface area contributed by atoms with Gasteiger partial charge in [-0.25, -0.2) is 4.98 Å². The summed E-state index contributed by atoms with van der Waals surface area (Å²) in [5.41, 5.74) is 13.2. The summed E-state index contributed by atoms with van der Waals surface area (Å²) in [6, 6.07) is 24.3. The number of benzene rings is 1. The van der Waals surface area contributed by atoms with Crippen molar-refractivity contribution in [3.05, 3.63) is 89.5 Å².